The van der Waals surface area contributed by atoms with Crippen LogP contribution in [0.15, 0.2) is 24.3 Å². The topological polar surface area (TPSA) is 17.1 Å². The van der Waals surface area contributed by atoms with Crippen LogP contribution in [0.3, 0.4) is 0 Å². The van der Waals surface area contributed by atoms with Gasteiger partial charge in [-0.25, -0.2) is 0 Å². The standard InChI is InChI=1S/C17H24O/c1-13(2)6-7-15-4-3-5-16(12-15)17(18)11-10-14-8-9-14/h3-5,12-14H,6-11H2,1-2H3. The van der Waals surface area contributed by atoms with Crippen LogP contribution in [0.4, 0.5) is 0 Å². The van der Waals surface area contributed by atoms with Crippen molar-refractivity contribution in [3.05, 3.63) is 35.4 Å². The highest BCUT2D eigenvalue weighted by Crippen LogP contribution is 2.33. The van der Waals surface area contributed by atoms with Gasteiger partial charge in [0.2, 0.25) is 0 Å². The van der Waals surface area contributed by atoms with E-state index >= 15 is 0 Å². The summed E-state index contributed by atoms with van der Waals surface area (Å²) in [6.07, 6.45) is 6.78. The van der Waals surface area contributed by atoms with E-state index in [1.54, 1.807) is 0 Å². The van der Waals surface area contributed by atoms with Gasteiger partial charge in [-0.05, 0) is 42.7 Å². The maximum Gasteiger partial charge on any atom is 0.162 e. The van der Waals surface area contributed by atoms with Crippen LogP contribution in [0.5, 0.6) is 0 Å². The third-order valence-corrected chi connectivity index (χ3v) is 3.74. The Bertz CT molecular complexity index is 402. The molecule has 0 spiro atoms. The van der Waals surface area contributed by atoms with Crippen molar-refractivity contribution in [3.63, 3.8) is 0 Å². The van der Waals surface area contributed by atoms with Crippen LogP contribution in [0, 0.1) is 11.8 Å². The van der Waals surface area contributed by atoms with Crippen LogP contribution in [0.1, 0.15) is 61.9 Å². The highest BCUT2D eigenvalue weighted by molar-refractivity contribution is 5.96. The lowest BCUT2D eigenvalue weighted by atomic mass is 9.98. The number of Topliss-reactive ketones (excluding diaryl/α,β-unsaturated/α-hetero) is 1. The lowest BCUT2D eigenvalue weighted by Crippen LogP contribution is -2.01. The Hall–Kier alpha value is -1.11. The van der Waals surface area contributed by atoms with Gasteiger partial charge in [0.1, 0.15) is 0 Å². The highest BCUT2D eigenvalue weighted by Gasteiger charge is 2.22. The molecule has 1 aromatic rings. The van der Waals surface area contributed by atoms with Crippen molar-refractivity contribution in [2.75, 3.05) is 0 Å². The number of ketones is 1. The number of benzene rings is 1. The fourth-order valence-corrected chi connectivity index (χ4v) is 2.24. The highest BCUT2D eigenvalue weighted by atomic mass is 16.1. The van der Waals surface area contributed by atoms with E-state index in [0.717, 1.165) is 36.7 Å². The van der Waals surface area contributed by atoms with E-state index in [1.807, 2.05) is 12.1 Å². The van der Waals surface area contributed by atoms with E-state index in [9.17, 15) is 4.79 Å². The maximum absolute atomic E-state index is 12.1. The van der Waals surface area contributed by atoms with Gasteiger partial charge in [0.05, 0.1) is 0 Å². The van der Waals surface area contributed by atoms with Gasteiger partial charge in [-0.2, -0.15) is 0 Å². The van der Waals surface area contributed by atoms with Gasteiger partial charge < -0.3 is 0 Å². The van der Waals surface area contributed by atoms with E-state index in [4.69, 9.17) is 0 Å². The molecule has 2 rings (SSSR count). The summed E-state index contributed by atoms with van der Waals surface area (Å²) >= 11 is 0. The predicted octanol–water partition coefficient (Wildman–Crippen LogP) is 4.65. The zero-order chi connectivity index (χ0) is 13.0. The summed E-state index contributed by atoms with van der Waals surface area (Å²) in [6.45, 7) is 4.48. The lowest BCUT2D eigenvalue weighted by molar-refractivity contribution is 0.0978. The summed E-state index contributed by atoms with van der Waals surface area (Å²) in [6, 6.07) is 8.23. The molecule has 0 amide bonds. The van der Waals surface area contributed by atoms with Crippen LogP contribution in [-0.2, 0) is 6.42 Å². The minimum absolute atomic E-state index is 0.327. The van der Waals surface area contributed by atoms with Crippen molar-refractivity contribution in [2.45, 2.75) is 52.4 Å². The third kappa shape index (κ3) is 4.29. The SMILES string of the molecule is CC(C)CCc1cccc(C(=O)CCC2CC2)c1. The van der Waals surface area contributed by atoms with E-state index in [2.05, 4.69) is 26.0 Å². The molecule has 1 fully saturated rings. The number of hydrogen-bond donors (Lipinski definition) is 0. The smallest absolute Gasteiger partial charge is 0.162 e. The first-order valence-electron chi connectivity index (χ1n) is 7.27. The summed E-state index contributed by atoms with van der Waals surface area (Å²) in [5.41, 5.74) is 2.22. The Balaban J connectivity index is 1.90. The molecule has 1 nitrogen and oxygen atoms in total. The van der Waals surface area contributed by atoms with Crippen molar-refractivity contribution in [1.29, 1.82) is 0 Å². The van der Waals surface area contributed by atoms with Gasteiger partial charge in [-0.1, -0.05) is 44.9 Å². The molecule has 0 heterocycles. The fourth-order valence-electron chi connectivity index (χ4n) is 2.24. The second-order valence-corrected chi connectivity index (χ2v) is 6.04. The zero-order valence-corrected chi connectivity index (χ0v) is 11.6. The van der Waals surface area contributed by atoms with Gasteiger partial charge in [0, 0.05) is 12.0 Å². The fraction of sp³-hybridized carbons (Fsp3) is 0.588. The van der Waals surface area contributed by atoms with Crippen molar-refractivity contribution in [2.24, 2.45) is 11.8 Å². The van der Waals surface area contributed by atoms with Crippen molar-refractivity contribution in [3.8, 4) is 0 Å². The zero-order valence-electron chi connectivity index (χ0n) is 11.6. The molecule has 1 heteroatoms. The molecular formula is C17H24O. The van der Waals surface area contributed by atoms with Crippen LogP contribution in [-0.4, -0.2) is 5.78 Å². The minimum atomic E-state index is 0.327. The molecule has 0 bridgehead atoms. The Kier molecular flexibility index (Phi) is 4.57. The number of carbonyl (C=O) groups is 1. The first-order chi connectivity index (χ1) is 8.65. The van der Waals surface area contributed by atoms with E-state index < -0.39 is 0 Å². The van der Waals surface area contributed by atoms with Gasteiger partial charge in [-0.15, -0.1) is 0 Å². The number of hydrogen-bond acceptors (Lipinski definition) is 1. The van der Waals surface area contributed by atoms with Crippen LogP contribution in [0.2, 0.25) is 0 Å². The quantitative estimate of drug-likeness (QED) is 0.638. The average Bonchev–Trinajstić information content (AvgIpc) is 3.18. The Morgan fingerprint density at radius 1 is 1.33 bits per heavy atom. The minimum Gasteiger partial charge on any atom is -0.294 e. The van der Waals surface area contributed by atoms with Gasteiger partial charge in [0.25, 0.3) is 0 Å². The van der Waals surface area contributed by atoms with Crippen molar-refractivity contribution < 1.29 is 4.79 Å². The number of aryl methyl sites for hydroxylation is 1. The molecule has 1 aliphatic rings. The van der Waals surface area contributed by atoms with Gasteiger partial charge in [-0.3, -0.25) is 4.79 Å². The maximum atomic E-state index is 12.1. The van der Waals surface area contributed by atoms with E-state index in [-0.39, 0.29) is 0 Å². The Labute approximate surface area is 111 Å². The largest absolute Gasteiger partial charge is 0.294 e. The predicted molar refractivity (Wildman–Crippen MR) is 75.9 cm³/mol. The molecule has 98 valence electrons. The summed E-state index contributed by atoms with van der Waals surface area (Å²) in [4.78, 5) is 12.1. The molecule has 0 aromatic heterocycles. The Morgan fingerprint density at radius 2 is 2.11 bits per heavy atom. The van der Waals surface area contributed by atoms with Crippen molar-refractivity contribution >= 4 is 5.78 Å². The first-order valence-corrected chi connectivity index (χ1v) is 7.27. The van der Waals surface area contributed by atoms with Crippen LogP contribution >= 0.6 is 0 Å². The van der Waals surface area contributed by atoms with E-state index in [0.29, 0.717) is 5.78 Å². The first kappa shape index (κ1) is 13.3. The Morgan fingerprint density at radius 3 is 2.78 bits per heavy atom. The molecule has 1 aliphatic carbocycles. The van der Waals surface area contributed by atoms with E-state index in [1.165, 1.54) is 24.8 Å². The summed E-state index contributed by atoms with van der Waals surface area (Å²) in [5, 5.41) is 0. The monoisotopic (exact) mass is 244 g/mol. The molecule has 0 N–H and O–H groups in total. The third-order valence-electron chi connectivity index (χ3n) is 3.74. The summed E-state index contributed by atoms with van der Waals surface area (Å²) < 4.78 is 0. The van der Waals surface area contributed by atoms with Gasteiger partial charge in [0.15, 0.2) is 5.78 Å². The molecule has 0 saturated heterocycles. The molecule has 18 heavy (non-hydrogen) atoms. The molecule has 0 atom stereocenters. The average molecular weight is 244 g/mol. The molecule has 1 aromatic carbocycles. The normalized spacial score (nSPS) is 15.1. The summed E-state index contributed by atoms with van der Waals surface area (Å²) in [5.74, 6) is 1.89. The second kappa shape index (κ2) is 6.17. The van der Waals surface area contributed by atoms with Crippen LogP contribution in [0.25, 0.3) is 0 Å². The number of carbonyl (C=O) groups excluding carboxylic acids is 1. The molecule has 0 aliphatic heterocycles. The molecule has 0 unspecified atom stereocenters. The van der Waals surface area contributed by atoms with Crippen molar-refractivity contribution in [1.82, 2.24) is 0 Å². The second-order valence-electron chi connectivity index (χ2n) is 6.04. The molecule has 1 saturated carbocycles. The molecular weight excluding hydrogens is 220 g/mol. The summed E-state index contributed by atoms with van der Waals surface area (Å²) in [7, 11) is 0. The molecule has 0 radical (unpaired) electrons. The number of rotatable bonds is 7. The lowest BCUT2D eigenvalue weighted by Gasteiger charge is -2.06. The van der Waals surface area contributed by atoms with Crippen LogP contribution < -0.4 is 0 Å². The van der Waals surface area contributed by atoms with Gasteiger partial charge >= 0.3 is 0 Å².